The Morgan fingerprint density at radius 1 is 1.10 bits per heavy atom. The predicted molar refractivity (Wildman–Crippen MR) is 167 cm³/mol. The van der Waals surface area contributed by atoms with Crippen molar-refractivity contribution >= 4 is 35.2 Å². The summed E-state index contributed by atoms with van der Waals surface area (Å²) in [6.07, 6.45) is 3.09. The first-order valence-corrected chi connectivity index (χ1v) is 15.8. The standard InChI is InChI=1S/C34H39ClFNO4S/c1-21(2)27-14-10-22(3)16-31(27)41-33(38)20-42-32-9-7-6-8-28(32)34(39)37(5)19-24-11-12-25(35)18-30(24)40-26-13-15-29(36)23(4)17-26/h6-9,11-13,15,17-18,21-22,27,31H,10,14,16,19-20H2,1-5H3. The van der Waals surface area contributed by atoms with Gasteiger partial charge in [0.15, 0.2) is 0 Å². The lowest BCUT2D eigenvalue weighted by Crippen LogP contribution is -2.36. The Bertz CT molecular complexity index is 1410. The number of benzene rings is 3. The number of ether oxygens (including phenoxy) is 2. The first kappa shape index (κ1) is 31.9. The highest BCUT2D eigenvalue weighted by Gasteiger charge is 2.33. The van der Waals surface area contributed by atoms with Crippen molar-refractivity contribution in [1.82, 2.24) is 4.90 Å². The molecule has 42 heavy (non-hydrogen) atoms. The molecule has 1 saturated carbocycles. The molecule has 224 valence electrons. The van der Waals surface area contributed by atoms with E-state index in [1.165, 1.54) is 24.2 Å². The van der Waals surface area contributed by atoms with Gasteiger partial charge in [-0.15, -0.1) is 11.8 Å². The largest absolute Gasteiger partial charge is 0.461 e. The number of hydrogen-bond donors (Lipinski definition) is 0. The average Bonchev–Trinajstić information content (AvgIpc) is 2.95. The molecule has 1 amide bonds. The number of thioether (sulfide) groups is 1. The van der Waals surface area contributed by atoms with Crippen LogP contribution < -0.4 is 4.74 Å². The molecule has 0 radical (unpaired) electrons. The third-order valence-electron chi connectivity index (χ3n) is 7.85. The summed E-state index contributed by atoms with van der Waals surface area (Å²) in [7, 11) is 1.72. The van der Waals surface area contributed by atoms with Crippen LogP contribution in [-0.4, -0.2) is 35.7 Å². The minimum absolute atomic E-state index is 0.0560. The smallest absolute Gasteiger partial charge is 0.316 e. The zero-order valence-corrected chi connectivity index (χ0v) is 26.4. The van der Waals surface area contributed by atoms with Gasteiger partial charge in [-0.1, -0.05) is 57.0 Å². The Morgan fingerprint density at radius 2 is 1.86 bits per heavy atom. The maximum Gasteiger partial charge on any atom is 0.316 e. The number of rotatable bonds is 10. The molecule has 0 aliphatic heterocycles. The van der Waals surface area contributed by atoms with E-state index in [2.05, 4.69) is 20.8 Å². The van der Waals surface area contributed by atoms with Crippen LogP contribution in [0.5, 0.6) is 11.5 Å². The quantitative estimate of drug-likeness (QED) is 0.169. The van der Waals surface area contributed by atoms with E-state index in [1.807, 2.05) is 24.3 Å². The van der Waals surface area contributed by atoms with Crippen molar-refractivity contribution in [3.8, 4) is 11.5 Å². The van der Waals surface area contributed by atoms with Crippen LogP contribution in [0.25, 0.3) is 0 Å². The first-order valence-electron chi connectivity index (χ1n) is 14.4. The maximum atomic E-state index is 13.8. The Labute approximate surface area is 257 Å². The van der Waals surface area contributed by atoms with Crippen LogP contribution in [0, 0.1) is 30.5 Å². The van der Waals surface area contributed by atoms with Crippen LogP contribution in [0.15, 0.2) is 65.6 Å². The van der Waals surface area contributed by atoms with Crippen LogP contribution in [0.2, 0.25) is 5.02 Å². The van der Waals surface area contributed by atoms with Gasteiger partial charge in [0.2, 0.25) is 0 Å². The molecule has 1 aliphatic carbocycles. The van der Waals surface area contributed by atoms with Crippen LogP contribution in [-0.2, 0) is 16.1 Å². The molecule has 0 spiro atoms. The Morgan fingerprint density at radius 3 is 2.60 bits per heavy atom. The molecule has 0 saturated heterocycles. The molecule has 0 heterocycles. The van der Waals surface area contributed by atoms with E-state index < -0.39 is 0 Å². The van der Waals surface area contributed by atoms with Crippen molar-refractivity contribution in [1.29, 1.82) is 0 Å². The van der Waals surface area contributed by atoms with Gasteiger partial charge >= 0.3 is 5.97 Å². The molecule has 3 aromatic carbocycles. The van der Waals surface area contributed by atoms with Gasteiger partial charge in [0.25, 0.3) is 5.91 Å². The third kappa shape index (κ3) is 8.29. The number of carbonyl (C=O) groups is 2. The summed E-state index contributed by atoms with van der Waals surface area (Å²) in [5.74, 6) is 1.73. The van der Waals surface area contributed by atoms with Crippen molar-refractivity contribution in [2.75, 3.05) is 12.8 Å². The van der Waals surface area contributed by atoms with E-state index in [4.69, 9.17) is 21.1 Å². The number of amides is 1. The molecule has 4 rings (SSSR count). The second kappa shape index (κ2) is 14.4. The molecule has 0 N–H and O–H groups in total. The van der Waals surface area contributed by atoms with E-state index in [9.17, 15) is 14.0 Å². The lowest BCUT2D eigenvalue weighted by atomic mass is 9.75. The van der Waals surface area contributed by atoms with Gasteiger partial charge in [-0.05, 0) is 85.5 Å². The minimum Gasteiger partial charge on any atom is -0.461 e. The molecule has 0 bridgehead atoms. The Balaban J connectivity index is 1.43. The summed E-state index contributed by atoms with van der Waals surface area (Å²) in [4.78, 5) is 28.8. The van der Waals surface area contributed by atoms with Gasteiger partial charge in [0, 0.05) is 29.1 Å². The number of esters is 1. The van der Waals surface area contributed by atoms with Gasteiger partial charge in [-0.3, -0.25) is 9.59 Å². The topological polar surface area (TPSA) is 55.8 Å². The molecule has 1 aliphatic rings. The fraction of sp³-hybridized carbons (Fsp3) is 0.412. The normalized spacial score (nSPS) is 18.5. The summed E-state index contributed by atoms with van der Waals surface area (Å²) in [6.45, 7) is 8.52. The highest BCUT2D eigenvalue weighted by atomic mass is 35.5. The summed E-state index contributed by atoms with van der Waals surface area (Å²) in [5, 5.41) is 0.484. The lowest BCUT2D eigenvalue weighted by molar-refractivity contribution is -0.152. The van der Waals surface area contributed by atoms with Crippen LogP contribution in [0.1, 0.15) is 61.5 Å². The molecule has 3 atom stereocenters. The predicted octanol–water partition coefficient (Wildman–Crippen LogP) is 8.95. The van der Waals surface area contributed by atoms with Crippen molar-refractivity contribution < 1.29 is 23.5 Å². The number of halogens is 2. The fourth-order valence-electron chi connectivity index (χ4n) is 5.45. The molecule has 8 heteroatoms. The zero-order chi connectivity index (χ0) is 30.4. The van der Waals surface area contributed by atoms with Crippen molar-refractivity contribution in [2.24, 2.45) is 17.8 Å². The Kier molecular flexibility index (Phi) is 11.0. The van der Waals surface area contributed by atoms with Crippen LogP contribution in [0.4, 0.5) is 4.39 Å². The van der Waals surface area contributed by atoms with E-state index in [0.717, 1.165) is 23.3 Å². The monoisotopic (exact) mass is 611 g/mol. The number of aryl methyl sites for hydroxylation is 1. The molecule has 3 aromatic rings. The maximum absolute atomic E-state index is 13.8. The van der Waals surface area contributed by atoms with Gasteiger partial charge in [0.05, 0.1) is 11.3 Å². The summed E-state index contributed by atoms with van der Waals surface area (Å²) in [6, 6.07) is 17.1. The number of carbonyl (C=O) groups excluding carboxylic acids is 2. The highest BCUT2D eigenvalue weighted by molar-refractivity contribution is 8.00. The number of nitrogens with zero attached hydrogens (tertiary/aromatic N) is 1. The minimum atomic E-state index is -0.313. The van der Waals surface area contributed by atoms with Crippen molar-refractivity contribution in [2.45, 2.75) is 64.5 Å². The lowest BCUT2D eigenvalue weighted by Gasteiger charge is -2.36. The number of hydrogen-bond acceptors (Lipinski definition) is 5. The fourth-order valence-corrected chi connectivity index (χ4v) is 6.44. The van der Waals surface area contributed by atoms with Crippen molar-refractivity contribution in [3.63, 3.8) is 0 Å². The van der Waals surface area contributed by atoms with Gasteiger partial charge in [0.1, 0.15) is 23.4 Å². The first-order chi connectivity index (χ1) is 20.0. The van der Waals surface area contributed by atoms with E-state index in [-0.39, 0.29) is 36.1 Å². The second-order valence-electron chi connectivity index (χ2n) is 11.6. The van der Waals surface area contributed by atoms with E-state index in [1.54, 1.807) is 49.2 Å². The molecule has 3 unspecified atom stereocenters. The average molecular weight is 612 g/mol. The van der Waals surface area contributed by atoms with Crippen LogP contribution in [0.3, 0.4) is 0 Å². The zero-order valence-electron chi connectivity index (χ0n) is 24.9. The summed E-state index contributed by atoms with van der Waals surface area (Å²) in [5.41, 5.74) is 1.72. The van der Waals surface area contributed by atoms with Gasteiger partial charge in [-0.2, -0.15) is 0 Å². The summed E-state index contributed by atoms with van der Waals surface area (Å²) >= 11 is 7.57. The molecule has 1 fully saturated rings. The van der Waals surface area contributed by atoms with E-state index >= 15 is 0 Å². The van der Waals surface area contributed by atoms with Crippen LogP contribution >= 0.6 is 23.4 Å². The highest BCUT2D eigenvalue weighted by Crippen LogP contribution is 2.36. The van der Waals surface area contributed by atoms with Gasteiger partial charge < -0.3 is 14.4 Å². The molecular formula is C34H39ClFNO4S. The molecule has 5 nitrogen and oxygen atoms in total. The second-order valence-corrected chi connectivity index (χ2v) is 13.0. The van der Waals surface area contributed by atoms with E-state index in [0.29, 0.717) is 45.4 Å². The van der Waals surface area contributed by atoms with Gasteiger partial charge in [-0.25, -0.2) is 4.39 Å². The molecular weight excluding hydrogens is 573 g/mol. The SMILES string of the molecule is Cc1cc(Oc2cc(Cl)ccc2CN(C)C(=O)c2ccccc2SCC(=O)OC2CC(C)CCC2C(C)C)ccc1F. The third-order valence-corrected chi connectivity index (χ3v) is 9.13. The Hall–Kier alpha value is -3.03. The molecule has 0 aromatic heterocycles. The summed E-state index contributed by atoms with van der Waals surface area (Å²) < 4.78 is 25.8. The van der Waals surface area contributed by atoms with Crippen molar-refractivity contribution in [3.05, 3.63) is 88.2 Å².